The molecular formula is C16H24N2OS. The number of carbonyl (C=O) groups excluding carboxylic acids is 1. The first-order valence-electron chi connectivity index (χ1n) is 7.73. The van der Waals surface area contributed by atoms with Crippen molar-refractivity contribution in [3.05, 3.63) is 22.4 Å². The van der Waals surface area contributed by atoms with Gasteiger partial charge in [-0.2, -0.15) is 0 Å². The first-order chi connectivity index (χ1) is 9.66. The van der Waals surface area contributed by atoms with Crippen molar-refractivity contribution < 1.29 is 4.79 Å². The molecule has 20 heavy (non-hydrogen) atoms. The third-order valence-electron chi connectivity index (χ3n) is 4.82. The number of carbonyl (C=O) groups is 1. The highest BCUT2D eigenvalue weighted by Gasteiger charge is 2.44. The largest absolute Gasteiger partial charge is 0.334 e. The summed E-state index contributed by atoms with van der Waals surface area (Å²) in [6.07, 6.45) is 3.82. The summed E-state index contributed by atoms with van der Waals surface area (Å²) >= 11 is 1.73. The number of nitrogens with one attached hydrogen (secondary N) is 1. The smallest absolute Gasteiger partial charge is 0.240 e. The van der Waals surface area contributed by atoms with Gasteiger partial charge in [-0.3, -0.25) is 4.79 Å². The highest BCUT2D eigenvalue weighted by molar-refractivity contribution is 7.09. The van der Waals surface area contributed by atoms with Crippen LogP contribution in [-0.4, -0.2) is 29.4 Å². The van der Waals surface area contributed by atoms with Gasteiger partial charge in [0.1, 0.15) is 0 Å². The molecule has 4 heteroatoms. The van der Waals surface area contributed by atoms with E-state index in [4.69, 9.17) is 0 Å². The van der Waals surface area contributed by atoms with Gasteiger partial charge >= 0.3 is 0 Å². The Hall–Kier alpha value is -0.870. The van der Waals surface area contributed by atoms with Crippen molar-refractivity contribution in [2.24, 2.45) is 11.8 Å². The fourth-order valence-corrected chi connectivity index (χ4v) is 4.42. The molecule has 2 fully saturated rings. The Labute approximate surface area is 125 Å². The highest BCUT2D eigenvalue weighted by atomic mass is 32.1. The van der Waals surface area contributed by atoms with E-state index >= 15 is 0 Å². The van der Waals surface area contributed by atoms with Crippen LogP contribution in [0.4, 0.5) is 0 Å². The second-order valence-electron chi connectivity index (χ2n) is 6.38. The van der Waals surface area contributed by atoms with E-state index in [-0.39, 0.29) is 12.1 Å². The minimum Gasteiger partial charge on any atom is -0.334 e. The molecule has 1 saturated carbocycles. The molecule has 0 spiro atoms. The summed E-state index contributed by atoms with van der Waals surface area (Å²) in [4.78, 5) is 16.2. The van der Waals surface area contributed by atoms with Crippen molar-refractivity contribution in [1.29, 1.82) is 0 Å². The van der Waals surface area contributed by atoms with E-state index in [2.05, 4.69) is 36.7 Å². The monoisotopic (exact) mass is 292 g/mol. The van der Waals surface area contributed by atoms with Crippen LogP contribution in [0.2, 0.25) is 0 Å². The van der Waals surface area contributed by atoms with Gasteiger partial charge in [-0.15, -0.1) is 11.3 Å². The molecule has 2 aliphatic rings. The van der Waals surface area contributed by atoms with Crippen LogP contribution in [-0.2, 0) is 11.3 Å². The first-order valence-corrected chi connectivity index (χ1v) is 8.61. The Morgan fingerprint density at radius 2 is 2.35 bits per heavy atom. The van der Waals surface area contributed by atoms with Gasteiger partial charge in [0.25, 0.3) is 0 Å². The minimum absolute atomic E-state index is 0.0601. The molecule has 3 rings (SSSR count). The summed E-state index contributed by atoms with van der Waals surface area (Å²) in [5.41, 5.74) is 0. The first kappa shape index (κ1) is 14.1. The fraction of sp³-hybridized carbons (Fsp3) is 0.688. The van der Waals surface area contributed by atoms with Crippen molar-refractivity contribution in [2.75, 3.05) is 6.54 Å². The molecule has 1 N–H and O–H groups in total. The third-order valence-corrected chi connectivity index (χ3v) is 5.69. The molecule has 1 amide bonds. The van der Waals surface area contributed by atoms with Crippen LogP contribution in [0.25, 0.3) is 0 Å². The summed E-state index contributed by atoms with van der Waals surface area (Å²) in [5.74, 6) is 1.62. The number of nitrogens with zero attached hydrogens (tertiary/aromatic N) is 1. The van der Waals surface area contributed by atoms with Gasteiger partial charge < -0.3 is 10.2 Å². The van der Waals surface area contributed by atoms with Crippen molar-refractivity contribution in [3.63, 3.8) is 0 Å². The van der Waals surface area contributed by atoms with Gasteiger partial charge in [0.2, 0.25) is 5.91 Å². The van der Waals surface area contributed by atoms with Crippen LogP contribution in [0.3, 0.4) is 0 Å². The Bertz CT molecular complexity index is 457. The Balaban J connectivity index is 1.72. The average molecular weight is 292 g/mol. The van der Waals surface area contributed by atoms with Crippen LogP contribution in [0.1, 0.15) is 38.0 Å². The molecule has 110 valence electrons. The van der Waals surface area contributed by atoms with Crippen LogP contribution in [0.15, 0.2) is 17.5 Å². The number of thiophene rings is 1. The van der Waals surface area contributed by atoms with E-state index in [0.717, 1.165) is 19.0 Å². The van der Waals surface area contributed by atoms with E-state index in [0.29, 0.717) is 11.8 Å². The average Bonchev–Trinajstić information content (AvgIpc) is 3.11. The van der Waals surface area contributed by atoms with E-state index in [1.165, 1.54) is 24.1 Å². The van der Waals surface area contributed by atoms with Gasteiger partial charge in [-0.25, -0.2) is 0 Å². The van der Waals surface area contributed by atoms with Crippen molar-refractivity contribution in [1.82, 2.24) is 10.2 Å². The molecule has 0 bridgehead atoms. The predicted molar refractivity (Wildman–Crippen MR) is 82.6 cm³/mol. The highest BCUT2D eigenvalue weighted by Crippen LogP contribution is 2.38. The fourth-order valence-electron chi connectivity index (χ4n) is 3.72. The summed E-state index contributed by atoms with van der Waals surface area (Å²) in [5, 5.41) is 5.57. The zero-order valence-electron chi connectivity index (χ0n) is 12.3. The number of fused-ring (bicyclic) bond motifs is 1. The van der Waals surface area contributed by atoms with Gasteiger partial charge in [-0.1, -0.05) is 12.5 Å². The molecule has 2 heterocycles. The van der Waals surface area contributed by atoms with E-state index in [9.17, 15) is 4.79 Å². The maximum Gasteiger partial charge on any atom is 0.240 e. The molecular weight excluding hydrogens is 268 g/mol. The van der Waals surface area contributed by atoms with Crippen LogP contribution in [0.5, 0.6) is 0 Å². The molecule has 1 aromatic rings. The Morgan fingerprint density at radius 1 is 1.50 bits per heavy atom. The number of hydrogen-bond donors (Lipinski definition) is 1. The zero-order valence-corrected chi connectivity index (χ0v) is 13.2. The van der Waals surface area contributed by atoms with E-state index < -0.39 is 0 Å². The zero-order chi connectivity index (χ0) is 14.1. The van der Waals surface area contributed by atoms with Crippen LogP contribution in [0, 0.1) is 11.8 Å². The lowest BCUT2D eigenvalue weighted by atomic mass is 9.93. The molecule has 3 unspecified atom stereocenters. The lowest BCUT2D eigenvalue weighted by Crippen LogP contribution is -2.48. The molecule has 0 aromatic carbocycles. The Kier molecular flexibility index (Phi) is 4.13. The predicted octanol–water partition coefficient (Wildman–Crippen LogP) is 2.87. The SMILES string of the molecule is CC(C)N(Cc1cccs1)C(=O)C1NCC2CCCC21. The van der Waals surface area contributed by atoms with Crippen LogP contribution >= 0.6 is 11.3 Å². The standard InChI is InChI=1S/C16H24N2OS/c1-11(2)18(10-13-6-4-8-20-13)16(19)15-14-7-3-5-12(14)9-17-15/h4,6,8,11-12,14-15,17H,3,5,7,9-10H2,1-2H3. The summed E-state index contributed by atoms with van der Waals surface area (Å²) in [6.45, 7) is 6.02. The number of rotatable bonds is 4. The summed E-state index contributed by atoms with van der Waals surface area (Å²) < 4.78 is 0. The topological polar surface area (TPSA) is 32.3 Å². The lowest BCUT2D eigenvalue weighted by molar-refractivity contribution is -0.136. The lowest BCUT2D eigenvalue weighted by Gasteiger charge is -2.31. The van der Waals surface area contributed by atoms with Crippen molar-refractivity contribution in [3.8, 4) is 0 Å². The second kappa shape index (κ2) is 5.86. The van der Waals surface area contributed by atoms with Gasteiger partial charge in [0.15, 0.2) is 0 Å². The molecule has 0 radical (unpaired) electrons. The molecule has 1 saturated heterocycles. The van der Waals surface area contributed by atoms with E-state index in [1.807, 2.05) is 4.90 Å². The van der Waals surface area contributed by atoms with Gasteiger partial charge in [-0.05, 0) is 56.5 Å². The van der Waals surface area contributed by atoms with Crippen molar-refractivity contribution in [2.45, 2.75) is 51.7 Å². The molecule has 1 aromatic heterocycles. The maximum atomic E-state index is 12.9. The summed E-state index contributed by atoms with van der Waals surface area (Å²) in [7, 11) is 0. The summed E-state index contributed by atoms with van der Waals surface area (Å²) in [6, 6.07) is 4.49. The molecule has 3 nitrogen and oxygen atoms in total. The number of amides is 1. The third kappa shape index (κ3) is 2.63. The second-order valence-corrected chi connectivity index (χ2v) is 7.41. The van der Waals surface area contributed by atoms with Gasteiger partial charge in [0.05, 0.1) is 12.6 Å². The normalized spacial score (nSPS) is 28.9. The molecule has 1 aliphatic carbocycles. The van der Waals surface area contributed by atoms with E-state index in [1.54, 1.807) is 11.3 Å². The number of hydrogen-bond acceptors (Lipinski definition) is 3. The van der Waals surface area contributed by atoms with Crippen LogP contribution < -0.4 is 5.32 Å². The van der Waals surface area contributed by atoms with Crippen molar-refractivity contribution >= 4 is 17.2 Å². The maximum absolute atomic E-state index is 12.9. The minimum atomic E-state index is 0.0601. The Morgan fingerprint density at radius 3 is 3.05 bits per heavy atom. The quantitative estimate of drug-likeness (QED) is 0.925. The molecule has 1 aliphatic heterocycles. The van der Waals surface area contributed by atoms with Gasteiger partial charge in [0, 0.05) is 10.9 Å². The molecule has 3 atom stereocenters.